The fourth-order valence-electron chi connectivity index (χ4n) is 1.19. The molecule has 1 aromatic rings. The molecule has 1 aromatic heterocycles. The molecule has 0 spiro atoms. The van der Waals surface area contributed by atoms with E-state index in [-0.39, 0.29) is 11.2 Å². The van der Waals surface area contributed by atoms with Crippen LogP contribution in [0.4, 0.5) is 10.2 Å². The summed E-state index contributed by atoms with van der Waals surface area (Å²) in [5, 5.41) is 2.80. The molecule has 1 heterocycles. The molecular formula is C10H15ClFN3O. The maximum atomic E-state index is 13.4. The lowest BCUT2D eigenvalue weighted by molar-refractivity contribution is 0.196. The van der Waals surface area contributed by atoms with E-state index >= 15 is 0 Å². The van der Waals surface area contributed by atoms with Crippen molar-refractivity contribution in [3.05, 3.63) is 17.8 Å². The molecule has 90 valence electrons. The second-order valence-corrected chi connectivity index (χ2v) is 4.01. The molecule has 6 heteroatoms. The van der Waals surface area contributed by atoms with Gasteiger partial charge in [-0.1, -0.05) is 0 Å². The molecule has 0 bridgehead atoms. The standard InChI is InChI=1S/C10H15ClFN3O/c1-7-9(12)10(15-6-14-7)13-4-3-8(11)5-16-2/h6,8H,3-5H2,1-2H3,(H,13,14,15). The molecule has 0 fully saturated rings. The van der Waals surface area contributed by atoms with Crippen molar-refractivity contribution in [3.63, 3.8) is 0 Å². The molecule has 0 aromatic carbocycles. The molecule has 0 aliphatic rings. The fraction of sp³-hybridized carbons (Fsp3) is 0.600. The Morgan fingerprint density at radius 3 is 3.00 bits per heavy atom. The van der Waals surface area contributed by atoms with Gasteiger partial charge in [0, 0.05) is 13.7 Å². The quantitative estimate of drug-likeness (QED) is 0.781. The number of nitrogens with zero attached hydrogens (tertiary/aromatic N) is 2. The lowest BCUT2D eigenvalue weighted by Crippen LogP contribution is -2.15. The lowest BCUT2D eigenvalue weighted by atomic mass is 10.3. The van der Waals surface area contributed by atoms with Crippen LogP contribution in [0.5, 0.6) is 0 Å². The van der Waals surface area contributed by atoms with Crippen LogP contribution in [-0.4, -0.2) is 35.6 Å². The first-order valence-corrected chi connectivity index (χ1v) is 5.42. The van der Waals surface area contributed by atoms with E-state index in [1.807, 2.05) is 0 Å². The molecule has 1 unspecified atom stereocenters. The number of hydrogen-bond donors (Lipinski definition) is 1. The van der Waals surface area contributed by atoms with Crippen molar-refractivity contribution in [2.24, 2.45) is 0 Å². The second-order valence-electron chi connectivity index (χ2n) is 3.39. The zero-order valence-corrected chi connectivity index (χ0v) is 10.1. The van der Waals surface area contributed by atoms with E-state index in [9.17, 15) is 4.39 Å². The van der Waals surface area contributed by atoms with Crippen molar-refractivity contribution in [3.8, 4) is 0 Å². The van der Waals surface area contributed by atoms with E-state index in [0.717, 1.165) is 0 Å². The number of nitrogens with one attached hydrogen (secondary N) is 1. The number of aromatic nitrogens is 2. The van der Waals surface area contributed by atoms with E-state index in [4.69, 9.17) is 16.3 Å². The van der Waals surface area contributed by atoms with Crippen LogP contribution >= 0.6 is 11.6 Å². The molecule has 0 aliphatic heterocycles. The highest BCUT2D eigenvalue weighted by molar-refractivity contribution is 6.20. The number of ether oxygens (including phenoxy) is 1. The van der Waals surface area contributed by atoms with Crippen molar-refractivity contribution in [1.82, 2.24) is 9.97 Å². The average Bonchev–Trinajstić information content (AvgIpc) is 2.25. The van der Waals surface area contributed by atoms with Gasteiger partial charge in [0.2, 0.25) is 0 Å². The molecule has 0 saturated heterocycles. The summed E-state index contributed by atoms with van der Waals surface area (Å²) in [5.74, 6) is -0.200. The Kier molecular flexibility index (Phi) is 5.42. The number of aryl methyl sites for hydroxylation is 1. The molecule has 0 saturated carbocycles. The van der Waals surface area contributed by atoms with Crippen LogP contribution in [0, 0.1) is 12.7 Å². The van der Waals surface area contributed by atoms with Crippen molar-refractivity contribution in [1.29, 1.82) is 0 Å². The zero-order chi connectivity index (χ0) is 12.0. The summed E-state index contributed by atoms with van der Waals surface area (Å²) < 4.78 is 18.3. The van der Waals surface area contributed by atoms with Gasteiger partial charge in [-0.15, -0.1) is 11.6 Å². The van der Waals surface area contributed by atoms with Gasteiger partial charge in [0.25, 0.3) is 0 Å². The maximum Gasteiger partial charge on any atom is 0.186 e. The minimum atomic E-state index is -0.416. The van der Waals surface area contributed by atoms with E-state index in [1.54, 1.807) is 14.0 Å². The average molecular weight is 248 g/mol. The summed E-state index contributed by atoms with van der Waals surface area (Å²) in [6, 6.07) is 0. The Balaban J connectivity index is 2.40. The van der Waals surface area contributed by atoms with Gasteiger partial charge in [-0.05, 0) is 13.3 Å². The van der Waals surface area contributed by atoms with Gasteiger partial charge in [0.15, 0.2) is 11.6 Å². The highest BCUT2D eigenvalue weighted by Gasteiger charge is 2.08. The lowest BCUT2D eigenvalue weighted by Gasteiger charge is -2.10. The molecule has 16 heavy (non-hydrogen) atoms. The van der Waals surface area contributed by atoms with Crippen LogP contribution in [0.15, 0.2) is 6.33 Å². The van der Waals surface area contributed by atoms with Crippen LogP contribution in [0.2, 0.25) is 0 Å². The molecule has 1 rings (SSSR count). The SMILES string of the molecule is COCC(Cl)CCNc1ncnc(C)c1F. The van der Waals surface area contributed by atoms with Crippen LogP contribution in [-0.2, 0) is 4.74 Å². The third-order valence-corrected chi connectivity index (χ3v) is 2.41. The number of hydrogen-bond acceptors (Lipinski definition) is 4. The highest BCUT2D eigenvalue weighted by atomic mass is 35.5. The van der Waals surface area contributed by atoms with E-state index in [2.05, 4.69) is 15.3 Å². The first-order valence-electron chi connectivity index (χ1n) is 4.99. The zero-order valence-electron chi connectivity index (χ0n) is 9.33. The van der Waals surface area contributed by atoms with Crippen LogP contribution < -0.4 is 5.32 Å². The summed E-state index contributed by atoms with van der Waals surface area (Å²) in [7, 11) is 1.59. The molecular weight excluding hydrogens is 233 g/mol. The molecule has 0 amide bonds. The Bertz CT molecular complexity index is 338. The topological polar surface area (TPSA) is 47.0 Å². The highest BCUT2D eigenvalue weighted by Crippen LogP contribution is 2.12. The Morgan fingerprint density at radius 1 is 1.56 bits per heavy atom. The van der Waals surface area contributed by atoms with Gasteiger partial charge in [-0.3, -0.25) is 0 Å². The summed E-state index contributed by atoms with van der Waals surface area (Å²) in [5.41, 5.74) is 0.330. The summed E-state index contributed by atoms with van der Waals surface area (Å²) >= 11 is 5.93. The van der Waals surface area contributed by atoms with Crippen molar-refractivity contribution in [2.45, 2.75) is 18.7 Å². The van der Waals surface area contributed by atoms with Gasteiger partial charge < -0.3 is 10.1 Å². The summed E-state index contributed by atoms with van der Waals surface area (Å²) in [6.07, 6.45) is 2.01. The van der Waals surface area contributed by atoms with Crippen molar-refractivity contribution >= 4 is 17.4 Å². The minimum absolute atomic E-state index is 0.0801. The Morgan fingerprint density at radius 2 is 2.31 bits per heavy atom. The molecule has 1 N–H and O–H groups in total. The van der Waals surface area contributed by atoms with Crippen LogP contribution in [0.25, 0.3) is 0 Å². The smallest absolute Gasteiger partial charge is 0.186 e. The Hall–Kier alpha value is -0.940. The van der Waals surface area contributed by atoms with E-state index in [1.165, 1.54) is 6.33 Å². The summed E-state index contributed by atoms with van der Waals surface area (Å²) in [4.78, 5) is 7.55. The third-order valence-electron chi connectivity index (χ3n) is 2.06. The van der Waals surface area contributed by atoms with Crippen LogP contribution in [0.3, 0.4) is 0 Å². The number of alkyl halides is 1. The van der Waals surface area contributed by atoms with Crippen LogP contribution in [0.1, 0.15) is 12.1 Å². The summed E-state index contributed by atoms with van der Waals surface area (Å²) in [6.45, 7) is 2.62. The molecule has 0 aliphatic carbocycles. The number of halogens is 2. The Labute approximate surface area is 99.2 Å². The number of anilines is 1. The molecule has 1 atom stereocenters. The predicted octanol–water partition coefficient (Wildman–Crippen LogP) is 1.98. The van der Waals surface area contributed by atoms with Gasteiger partial charge in [-0.25, -0.2) is 14.4 Å². The number of rotatable bonds is 6. The van der Waals surface area contributed by atoms with Crippen molar-refractivity contribution < 1.29 is 9.13 Å². The predicted molar refractivity (Wildman–Crippen MR) is 61.4 cm³/mol. The first kappa shape index (κ1) is 13.1. The second kappa shape index (κ2) is 6.60. The fourth-order valence-corrected chi connectivity index (χ4v) is 1.43. The van der Waals surface area contributed by atoms with Gasteiger partial charge in [0.1, 0.15) is 6.33 Å². The molecule has 0 radical (unpaired) electrons. The molecule has 4 nitrogen and oxygen atoms in total. The first-order chi connectivity index (χ1) is 7.65. The van der Waals surface area contributed by atoms with Gasteiger partial charge in [0.05, 0.1) is 17.7 Å². The van der Waals surface area contributed by atoms with Gasteiger partial charge in [-0.2, -0.15) is 0 Å². The maximum absolute atomic E-state index is 13.4. The van der Waals surface area contributed by atoms with E-state index in [0.29, 0.717) is 25.3 Å². The normalized spacial score (nSPS) is 12.5. The van der Waals surface area contributed by atoms with Crippen molar-refractivity contribution in [2.75, 3.05) is 25.6 Å². The van der Waals surface area contributed by atoms with E-state index < -0.39 is 5.82 Å². The van der Waals surface area contributed by atoms with Gasteiger partial charge >= 0.3 is 0 Å². The largest absolute Gasteiger partial charge is 0.383 e. The third kappa shape index (κ3) is 3.90. The minimum Gasteiger partial charge on any atom is -0.383 e. The monoisotopic (exact) mass is 247 g/mol. The number of methoxy groups -OCH3 is 1.